The number of nitrogens with one attached hydrogen (secondary N) is 1. The highest BCUT2D eigenvalue weighted by Gasteiger charge is 2.33. The van der Waals surface area contributed by atoms with E-state index in [1.807, 2.05) is 13.0 Å². The first-order valence-electron chi connectivity index (χ1n) is 6.74. The van der Waals surface area contributed by atoms with Crippen molar-refractivity contribution in [3.63, 3.8) is 0 Å². The van der Waals surface area contributed by atoms with Gasteiger partial charge in [0, 0.05) is 18.6 Å². The molecule has 1 rings (SSSR count). The first-order chi connectivity index (χ1) is 9.08. The molecule has 1 aliphatic rings. The molecule has 0 heterocycles. The number of carbonyl (C=O) groups is 2. The van der Waals surface area contributed by atoms with Gasteiger partial charge in [0.2, 0.25) is 0 Å². The van der Waals surface area contributed by atoms with Gasteiger partial charge in [0.15, 0.2) is 0 Å². The van der Waals surface area contributed by atoms with Gasteiger partial charge in [-0.1, -0.05) is 13.3 Å². The molecule has 1 fully saturated rings. The predicted molar refractivity (Wildman–Crippen MR) is 69.4 cm³/mol. The number of hydrogen-bond donors (Lipinski definition) is 2. The summed E-state index contributed by atoms with van der Waals surface area (Å²) >= 11 is 0. The summed E-state index contributed by atoms with van der Waals surface area (Å²) in [4.78, 5) is 24.5. The lowest BCUT2D eigenvalue weighted by Gasteiger charge is -2.25. The summed E-state index contributed by atoms with van der Waals surface area (Å²) in [7, 11) is 0. The van der Waals surface area contributed by atoms with Gasteiger partial charge in [-0.05, 0) is 19.3 Å². The monoisotopic (exact) mass is 267 g/mol. The molecule has 0 bridgehead atoms. The Kier molecular flexibility index (Phi) is 6.13. The zero-order valence-corrected chi connectivity index (χ0v) is 11.3. The zero-order chi connectivity index (χ0) is 14.3. The Hall–Kier alpha value is -1.77. The summed E-state index contributed by atoms with van der Waals surface area (Å²) in [6.07, 6.45) is 3.65. The van der Waals surface area contributed by atoms with Crippen LogP contribution in [0, 0.1) is 11.3 Å². The molecule has 1 aliphatic carbocycles. The summed E-state index contributed by atoms with van der Waals surface area (Å²) in [5, 5.41) is 20.2. The normalized spacial score (nSPS) is 15.4. The van der Waals surface area contributed by atoms with Gasteiger partial charge in [-0.25, -0.2) is 4.79 Å². The number of carboxylic acid groups (broad SMARTS) is 1. The molecule has 0 spiro atoms. The van der Waals surface area contributed by atoms with Crippen molar-refractivity contribution in [1.29, 1.82) is 5.26 Å². The number of amides is 2. The number of urea groups is 1. The summed E-state index contributed by atoms with van der Waals surface area (Å²) in [6.45, 7) is 2.37. The number of hydrogen-bond acceptors (Lipinski definition) is 3. The van der Waals surface area contributed by atoms with Crippen molar-refractivity contribution in [2.45, 2.75) is 57.5 Å². The van der Waals surface area contributed by atoms with Gasteiger partial charge < -0.3 is 15.3 Å². The molecular formula is C13H21N3O3. The van der Waals surface area contributed by atoms with E-state index in [4.69, 9.17) is 10.4 Å². The molecular weight excluding hydrogens is 246 g/mol. The Bertz CT molecular complexity index is 361. The molecule has 1 atom stereocenters. The maximum Gasteiger partial charge on any atom is 0.317 e. The van der Waals surface area contributed by atoms with Gasteiger partial charge in [-0.2, -0.15) is 5.26 Å². The number of rotatable bonds is 8. The molecule has 0 aliphatic heterocycles. The summed E-state index contributed by atoms with van der Waals surface area (Å²) in [6, 6.07) is 1.68. The Morgan fingerprint density at radius 2 is 2.21 bits per heavy atom. The smallest absolute Gasteiger partial charge is 0.317 e. The minimum absolute atomic E-state index is 0.0592. The maximum atomic E-state index is 12.1. The van der Waals surface area contributed by atoms with Gasteiger partial charge in [0.1, 0.15) is 0 Å². The number of nitriles is 1. The van der Waals surface area contributed by atoms with E-state index < -0.39 is 5.97 Å². The quantitative estimate of drug-likeness (QED) is 0.700. The SMILES string of the molecule is CCCC(CC(=O)O)NC(=O)N(CCC#N)C1CC1. The third kappa shape index (κ3) is 5.60. The molecule has 2 N–H and O–H groups in total. The van der Waals surface area contributed by atoms with Gasteiger partial charge in [0.25, 0.3) is 0 Å². The van der Waals surface area contributed by atoms with Crippen LogP contribution in [0.3, 0.4) is 0 Å². The van der Waals surface area contributed by atoms with E-state index in [9.17, 15) is 9.59 Å². The van der Waals surface area contributed by atoms with Crippen molar-refractivity contribution in [1.82, 2.24) is 10.2 Å². The first kappa shape index (κ1) is 15.3. The van der Waals surface area contributed by atoms with Crippen LogP contribution in [0.25, 0.3) is 0 Å². The summed E-state index contributed by atoms with van der Waals surface area (Å²) in [5.74, 6) is -0.909. The molecule has 0 aromatic carbocycles. The van der Waals surface area contributed by atoms with E-state index >= 15 is 0 Å². The van der Waals surface area contributed by atoms with Crippen LogP contribution in [-0.2, 0) is 4.79 Å². The van der Waals surface area contributed by atoms with Gasteiger partial charge in [-0.3, -0.25) is 4.79 Å². The second kappa shape index (κ2) is 7.62. The molecule has 6 heteroatoms. The third-order valence-corrected chi connectivity index (χ3v) is 3.10. The van der Waals surface area contributed by atoms with Crippen LogP contribution < -0.4 is 5.32 Å². The van der Waals surface area contributed by atoms with Crippen molar-refractivity contribution >= 4 is 12.0 Å². The number of aliphatic carboxylic acids is 1. The van der Waals surface area contributed by atoms with Crippen LogP contribution in [0.4, 0.5) is 4.79 Å². The van der Waals surface area contributed by atoms with E-state index in [0.717, 1.165) is 19.3 Å². The molecule has 0 aromatic rings. The zero-order valence-electron chi connectivity index (χ0n) is 11.3. The average Bonchev–Trinajstić information content (AvgIpc) is 3.13. The molecule has 106 valence electrons. The second-order valence-electron chi connectivity index (χ2n) is 4.87. The second-order valence-corrected chi connectivity index (χ2v) is 4.87. The standard InChI is InChI=1S/C13H21N3O3/c1-2-4-10(9-12(17)18)15-13(19)16(8-3-7-14)11-5-6-11/h10-11H,2-6,8-9H2,1H3,(H,15,19)(H,17,18). The van der Waals surface area contributed by atoms with Crippen LogP contribution in [0.1, 0.15) is 45.4 Å². The van der Waals surface area contributed by atoms with E-state index in [2.05, 4.69) is 5.32 Å². The summed E-state index contributed by atoms with van der Waals surface area (Å²) in [5.41, 5.74) is 0. The first-order valence-corrected chi connectivity index (χ1v) is 6.74. The number of carbonyl (C=O) groups excluding carboxylic acids is 1. The number of carboxylic acids is 1. The molecule has 1 saturated carbocycles. The van der Waals surface area contributed by atoms with E-state index in [1.54, 1.807) is 4.90 Å². The van der Waals surface area contributed by atoms with Crippen molar-refractivity contribution in [3.8, 4) is 6.07 Å². The predicted octanol–water partition coefficient (Wildman–Crippen LogP) is 1.72. The fourth-order valence-corrected chi connectivity index (χ4v) is 2.05. The highest BCUT2D eigenvalue weighted by molar-refractivity contribution is 5.76. The Morgan fingerprint density at radius 1 is 1.53 bits per heavy atom. The van der Waals surface area contributed by atoms with Crippen molar-refractivity contribution < 1.29 is 14.7 Å². The highest BCUT2D eigenvalue weighted by Crippen LogP contribution is 2.27. The highest BCUT2D eigenvalue weighted by atomic mass is 16.4. The van der Waals surface area contributed by atoms with E-state index in [1.165, 1.54) is 0 Å². The topological polar surface area (TPSA) is 93.4 Å². The van der Waals surface area contributed by atoms with Crippen LogP contribution in [0.5, 0.6) is 0 Å². The lowest BCUT2D eigenvalue weighted by Crippen LogP contribution is -2.46. The molecule has 1 unspecified atom stereocenters. The van der Waals surface area contributed by atoms with Crippen LogP contribution >= 0.6 is 0 Å². The van der Waals surface area contributed by atoms with Gasteiger partial charge in [0.05, 0.1) is 18.9 Å². The van der Waals surface area contributed by atoms with Crippen molar-refractivity contribution in [3.05, 3.63) is 0 Å². The van der Waals surface area contributed by atoms with E-state index in [-0.39, 0.29) is 24.5 Å². The van der Waals surface area contributed by atoms with Crippen LogP contribution in [0.15, 0.2) is 0 Å². The molecule has 6 nitrogen and oxygen atoms in total. The third-order valence-electron chi connectivity index (χ3n) is 3.10. The molecule has 0 aromatic heterocycles. The molecule has 0 radical (unpaired) electrons. The Labute approximate surface area is 113 Å². The minimum Gasteiger partial charge on any atom is -0.481 e. The Balaban J connectivity index is 2.52. The number of nitrogens with zero attached hydrogens (tertiary/aromatic N) is 2. The molecule has 2 amide bonds. The largest absolute Gasteiger partial charge is 0.481 e. The van der Waals surface area contributed by atoms with E-state index in [0.29, 0.717) is 19.4 Å². The molecule has 0 saturated heterocycles. The lowest BCUT2D eigenvalue weighted by molar-refractivity contribution is -0.137. The fraction of sp³-hybridized carbons (Fsp3) is 0.769. The van der Waals surface area contributed by atoms with Crippen molar-refractivity contribution in [2.24, 2.45) is 0 Å². The fourth-order valence-electron chi connectivity index (χ4n) is 2.05. The summed E-state index contributed by atoms with van der Waals surface area (Å²) < 4.78 is 0. The molecule has 19 heavy (non-hydrogen) atoms. The average molecular weight is 267 g/mol. The van der Waals surface area contributed by atoms with Gasteiger partial charge >= 0.3 is 12.0 Å². The van der Waals surface area contributed by atoms with Gasteiger partial charge in [-0.15, -0.1) is 0 Å². The Morgan fingerprint density at radius 3 is 2.68 bits per heavy atom. The maximum absolute atomic E-state index is 12.1. The minimum atomic E-state index is -0.909. The lowest BCUT2D eigenvalue weighted by atomic mass is 10.1. The van der Waals surface area contributed by atoms with Crippen LogP contribution in [-0.4, -0.2) is 40.6 Å². The van der Waals surface area contributed by atoms with Crippen LogP contribution in [0.2, 0.25) is 0 Å². The van der Waals surface area contributed by atoms with Crippen molar-refractivity contribution in [2.75, 3.05) is 6.54 Å².